The van der Waals surface area contributed by atoms with Gasteiger partial charge < -0.3 is 27.0 Å². The molecule has 0 saturated carbocycles. The number of Topliss-reactive ketones (excluding diaryl/α,β-unsaturated/α-hetero) is 1. The van der Waals surface area contributed by atoms with Gasteiger partial charge in [0.25, 0.3) is 0 Å². The number of carboxylic acid groups (broad SMARTS) is 1. The average molecular weight is 526 g/mol. The van der Waals surface area contributed by atoms with Crippen molar-refractivity contribution in [1.29, 1.82) is 0 Å². The van der Waals surface area contributed by atoms with Crippen LogP contribution in [0.2, 0.25) is 0 Å². The highest BCUT2D eigenvalue weighted by atomic mass is 19.4. The van der Waals surface area contributed by atoms with E-state index in [0.717, 1.165) is 18.2 Å². The predicted molar refractivity (Wildman–Crippen MR) is 125 cm³/mol. The smallest absolute Gasteiger partial charge is 0.416 e. The van der Waals surface area contributed by atoms with Crippen LogP contribution in [0.25, 0.3) is 0 Å². The Morgan fingerprint density at radius 1 is 1.00 bits per heavy atom. The molecular weight excluding hydrogens is 500 g/mol. The number of benzene rings is 2. The molecule has 7 N–H and O–H groups in total. The number of hydrogen-bond acceptors (Lipinski definition) is 5. The molecule has 2 aromatic rings. The number of carbonyl (C=O) groups is 3. The molecule has 0 aromatic heterocycles. The average Bonchev–Trinajstić information content (AvgIpc) is 2.79. The van der Waals surface area contributed by atoms with Crippen molar-refractivity contribution >= 4 is 29.3 Å². The summed E-state index contributed by atoms with van der Waals surface area (Å²) >= 11 is 0. The molecule has 0 aliphatic rings. The van der Waals surface area contributed by atoms with Gasteiger partial charge in [-0.05, 0) is 48.7 Å². The highest BCUT2D eigenvalue weighted by Gasteiger charge is 2.32. The molecule has 13 heteroatoms. The fourth-order valence-electron chi connectivity index (χ4n) is 3.47. The molecule has 2 rings (SSSR count). The van der Waals surface area contributed by atoms with E-state index >= 15 is 0 Å². The van der Waals surface area contributed by atoms with Crippen molar-refractivity contribution in [2.75, 3.05) is 0 Å². The number of carboxylic acids is 1. The lowest BCUT2D eigenvalue weighted by Crippen LogP contribution is -2.40. The van der Waals surface area contributed by atoms with Crippen molar-refractivity contribution in [2.45, 2.75) is 50.4 Å². The molecule has 200 valence electrons. The van der Waals surface area contributed by atoms with Gasteiger partial charge in [-0.25, -0.2) is 9.38 Å². The van der Waals surface area contributed by atoms with Crippen LogP contribution >= 0.6 is 0 Å². The first-order chi connectivity index (χ1) is 17.3. The van der Waals surface area contributed by atoms with Gasteiger partial charge in [-0.2, -0.15) is 13.2 Å². The Hall–Kier alpha value is -4.00. The minimum absolute atomic E-state index is 0.138. The van der Waals surface area contributed by atoms with Gasteiger partial charge in [-0.15, -0.1) is 0 Å². The van der Waals surface area contributed by atoms with Crippen LogP contribution in [0.5, 0.6) is 0 Å². The van der Waals surface area contributed by atoms with E-state index in [1.165, 1.54) is 12.1 Å². The van der Waals surface area contributed by atoms with Gasteiger partial charge >= 0.3 is 12.1 Å². The van der Waals surface area contributed by atoms with Crippen molar-refractivity contribution in [3.8, 4) is 0 Å². The fourth-order valence-corrected chi connectivity index (χ4v) is 3.47. The van der Waals surface area contributed by atoms with Crippen molar-refractivity contribution in [3.63, 3.8) is 0 Å². The third kappa shape index (κ3) is 9.52. The molecule has 2 unspecified atom stereocenters. The van der Waals surface area contributed by atoms with Crippen LogP contribution in [0.3, 0.4) is 0 Å². The number of aliphatic hydroxyl groups excluding tert-OH is 1. The summed E-state index contributed by atoms with van der Waals surface area (Å²) in [6.45, 7) is 0. The van der Waals surface area contributed by atoms with Crippen molar-refractivity contribution in [2.24, 2.45) is 16.5 Å². The standard InChI is InChI=1S/C24H26F4N4O5/c25-16-7-5-13(6-8-16)22(37)18(12-21(35)36)32-20(34)4-2-1-3-19(33)14-9-15(24(26,27)28)11-17(10-14)31-23(29)30/h5-11,18,22,37H,1-4,12H2,(H,32,34)(H,35,36)(H4,29,30,31). The predicted octanol–water partition coefficient (Wildman–Crippen LogP) is 3.19. The monoisotopic (exact) mass is 526 g/mol. The third-order valence-corrected chi connectivity index (χ3v) is 5.22. The quantitative estimate of drug-likeness (QED) is 0.0930. The summed E-state index contributed by atoms with van der Waals surface area (Å²) in [5.74, 6) is -3.53. The van der Waals surface area contributed by atoms with E-state index in [4.69, 9.17) is 16.6 Å². The Kier molecular flexibility index (Phi) is 10.1. The van der Waals surface area contributed by atoms with E-state index in [0.29, 0.717) is 12.1 Å². The molecule has 0 aliphatic carbocycles. The fraction of sp³-hybridized carbons (Fsp3) is 0.333. The van der Waals surface area contributed by atoms with Crippen LogP contribution in [0.15, 0.2) is 47.5 Å². The topological polar surface area (TPSA) is 168 Å². The third-order valence-electron chi connectivity index (χ3n) is 5.22. The van der Waals surface area contributed by atoms with Crippen LogP contribution in [-0.4, -0.2) is 39.9 Å². The van der Waals surface area contributed by atoms with Crippen molar-refractivity contribution < 1.29 is 42.2 Å². The Labute approximate surface area is 209 Å². The number of halogens is 4. The Balaban J connectivity index is 1.97. The number of nitrogens with one attached hydrogen (secondary N) is 1. The lowest BCUT2D eigenvalue weighted by molar-refractivity contribution is -0.139. The number of alkyl halides is 3. The number of ketones is 1. The van der Waals surface area contributed by atoms with E-state index in [2.05, 4.69) is 10.3 Å². The summed E-state index contributed by atoms with van der Waals surface area (Å²) in [4.78, 5) is 39.5. The summed E-state index contributed by atoms with van der Waals surface area (Å²) in [5.41, 5.74) is 9.06. The zero-order chi connectivity index (χ0) is 27.8. The lowest BCUT2D eigenvalue weighted by Gasteiger charge is -2.23. The zero-order valence-corrected chi connectivity index (χ0v) is 19.5. The number of unbranched alkanes of at least 4 members (excludes halogenated alkanes) is 1. The van der Waals surface area contributed by atoms with Crippen LogP contribution in [0.4, 0.5) is 23.2 Å². The number of guanidine groups is 1. The maximum Gasteiger partial charge on any atom is 0.416 e. The molecule has 37 heavy (non-hydrogen) atoms. The molecule has 2 atom stereocenters. The second kappa shape index (κ2) is 12.8. The summed E-state index contributed by atoms with van der Waals surface area (Å²) in [6, 6.07) is 6.01. The van der Waals surface area contributed by atoms with E-state index in [1.54, 1.807) is 0 Å². The minimum atomic E-state index is -4.73. The molecule has 0 radical (unpaired) electrons. The largest absolute Gasteiger partial charge is 0.481 e. The Bertz CT molecular complexity index is 1150. The number of hydrogen-bond donors (Lipinski definition) is 5. The van der Waals surface area contributed by atoms with Gasteiger partial charge in [0.05, 0.1) is 29.8 Å². The van der Waals surface area contributed by atoms with Crippen LogP contribution in [-0.2, 0) is 15.8 Å². The number of nitrogens with zero attached hydrogens (tertiary/aromatic N) is 1. The van der Waals surface area contributed by atoms with Gasteiger partial charge in [-0.1, -0.05) is 12.1 Å². The highest BCUT2D eigenvalue weighted by Crippen LogP contribution is 2.33. The van der Waals surface area contributed by atoms with E-state index in [9.17, 15) is 37.1 Å². The summed E-state index contributed by atoms with van der Waals surface area (Å²) in [5, 5.41) is 22.0. The van der Waals surface area contributed by atoms with E-state index in [1.807, 2.05) is 0 Å². The number of rotatable bonds is 12. The SMILES string of the molecule is NC(N)=Nc1cc(C(=O)CCCCC(=O)NC(CC(=O)O)C(O)c2ccc(F)cc2)cc(C(F)(F)F)c1. The lowest BCUT2D eigenvalue weighted by atomic mass is 9.99. The maximum absolute atomic E-state index is 13.2. The van der Waals surface area contributed by atoms with E-state index in [-0.39, 0.29) is 42.5 Å². The Morgan fingerprint density at radius 3 is 2.19 bits per heavy atom. The molecule has 0 fully saturated rings. The van der Waals surface area contributed by atoms with Crippen LogP contribution in [0, 0.1) is 5.82 Å². The normalized spacial score (nSPS) is 12.9. The molecule has 0 spiro atoms. The van der Waals surface area contributed by atoms with E-state index < -0.39 is 59.7 Å². The number of aliphatic imine (C=N–C) groups is 1. The van der Waals surface area contributed by atoms with Crippen molar-refractivity contribution in [3.05, 3.63) is 65.0 Å². The molecular formula is C24H26F4N4O5. The van der Waals surface area contributed by atoms with Gasteiger partial charge in [0, 0.05) is 18.4 Å². The minimum Gasteiger partial charge on any atom is -0.481 e. The van der Waals surface area contributed by atoms with Gasteiger partial charge in [-0.3, -0.25) is 14.4 Å². The van der Waals surface area contributed by atoms with Gasteiger partial charge in [0.15, 0.2) is 11.7 Å². The number of aliphatic carboxylic acids is 1. The second-order valence-corrected chi connectivity index (χ2v) is 8.20. The molecule has 1 amide bonds. The maximum atomic E-state index is 13.2. The Morgan fingerprint density at radius 2 is 1.62 bits per heavy atom. The second-order valence-electron chi connectivity index (χ2n) is 8.20. The van der Waals surface area contributed by atoms with Crippen molar-refractivity contribution in [1.82, 2.24) is 5.32 Å². The van der Waals surface area contributed by atoms with Gasteiger partial charge in [0.1, 0.15) is 5.82 Å². The number of amides is 1. The number of aliphatic hydroxyl groups is 1. The van der Waals surface area contributed by atoms with Gasteiger partial charge in [0.2, 0.25) is 5.91 Å². The zero-order valence-electron chi connectivity index (χ0n) is 19.5. The summed E-state index contributed by atoms with van der Waals surface area (Å²) < 4.78 is 52.6. The first-order valence-corrected chi connectivity index (χ1v) is 11.1. The highest BCUT2D eigenvalue weighted by molar-refractivity contribution is 5.97. The number of carbonyl (C=O) groups excluding carboxylic acids is 2. The molecule has 9 nitrogen and oxygen atoms in total. The molecule has 0 bridgehead atoms. The molecule has 0 heterocycles. The first-order valence-electron chi connectivity index (χ1n) is 11.1. The molecule has 2 aromatic carbocycles. The van der Waals surface area contributed by atoms with Crippen LogP contribution in [0.1, 0.15) is 59.7 Å². The molecule has 0 saturated heterocycles. The first kappa shape index (κ1) is 29.2. The summed E-state index contributed by atoms with van der Waals surface area (Å²) in [7, 11) is 0. The molecule has 0 aliphatic heterocycles. The van der Waals surface area contributed by atoms with Crippen LogP contribution < -0.4 is 16.8 Å². The number of nitrogens with two attached hydrogens (primary N) is 2. The summed E-state index contributed by atoms with van der Waals surface area (Å²) in [6.07, 6.45) is -6.76.